The van der Waals surface area contributed by atoms with E-state index in [4.69, 9.17) is 10.00 Å². The number of piperidine rings is 1. The third kappa shape index (κ3) is 8.02. The number of hydrogen-bond acceptors (Lipinski definition) is 6. The van der Waals surface area contributed by atoms with Gasteiger partial charge in [0.1, 0.15) is 12.4 Å². The molecule has 0 spiro atoms. The Bertz CT molecular complexity index is 1120. The maximum Gasteiger partial charge on any atom is 0.573 e. The Hall–Kier alpha value is -3.45. The van der Waals surface area contributed by atoms with E-state index in [-0.39, 0.29) is 30.4 Å². The average molecular weight is 531 g/mol. The Morgan fingerprint density at radius 2 is 1.58 bits per heavy atom. The molecule has 1 saturated heterocycles. The molecule has 4 rings (SSSR count). The van der Waals surface area contributed by atoms with Gasteiger partial charge in [-0.25, -0.2) is 0 Å². The van der Waals surface area contributed by atoms with Crippen LogP contribution in [0.2, 0.25) is 0 Å². The van der Waals surface area contributed by atoms with E-state index in [9.17, 15) is 18.0 Å². The number of amides is 1. The molecule has 38 heavy (non-hydrogen) atoms. The summed E-state index contributed by atoms with van der Waals surface area (Å²) in [5.41, 5.74) is 3.38. The number of halogens is 3. The molecular weight excluding hydrogens is 497 g/mol. The molecule has 204 valence electrons. The van der Waals surface area contributed by atoms with E-state index in [1.54, 1.807) is 12.1 Å². The van der Waals surface area contributed by atoms with Crippen molar-refractivity contribution in [3.8, 4) is 11.8 Å². The van der Waals surface area contributed by atoms with Crippen molar-refractivity contribution in [1.29, 1.82) is 5.26 Å². The summed E-state index contributed by atoms with van der Waals surface area (Å²) in [6, 6.07) is 14.1. The molecule has 0 unspecified atom stereocenters. The molecule has 0 atom stereocenters. The number of likely N-dealkylation sites (tertiary alicyclic amines) is 1. The normalized spacial score (nSPS) is 20.4. The first-order chi connectivity index (χ1) is 18.2. The van der Waals surface area contributed by atoms with Crippen LogP contribution in [0.5, 0.6) is 5.75 Å². The standard InChI is InChI=1S/C28H33F3N4O3/c1-19-16-24(3-2-20(19)17-32)34-22-4-8-25(9-5-22)37-18-27(36)35-14-12-23(13-15-35)33-21-6-10-26(11-7-21)38-28(29,30)31/h2-3,6-7,10-11,16,22-23,25,33-34H,4-5,8-9,12-15,18H2,1H3. The van der Waals surface area contributed by atoms with Crippen LogP contribution >= 0.6 is 0 Å². The van der Waals surface area contributed by atoms with Crippen LogP contribution in [-0.2, 0) is 9.53 Å². The summed E-state index contributed by atoms with van der Waals surface area (Å²) < 4.78 is 46.8. The maximum absolute atomic E-state index is 12.7. The zero-order chi connectivity index (χ0) is 27.1. The van der Waals surface area contributed by atoms with Crippen LogP contribution in [-0.4, -0.2) is 55.1 Å². The van der Waals surface area contributed by atoms with Gasteiger partial charge in [-0.15, -0.1) is 13.2 Å². The predicted octanol–water partition coefficient (Wildman–Crippen LogP) is 5.61. The van der Waals surface area contributed by atoms with Gasteiger partial charge in [0.25, 0.3) is 0 Å². The number of hydrogen-bond donors (Lipinski definition) is 2. The second-order valence-electron chi connectivity index (χ2n) is 9.94. The molecule has 0 radical (unpaired) electrons. The zero-order valence-electron chi connectivity index (χ0n) is 21.4. The van der Waals surface area contributed by atoms with Crippen LogP contribution in [0, 0.1) is 18.3 Å². The number of nitriles is 1. The fraction of sp³-hybridized carbons (Fsp3) is 0.500. The lowest BCUT2D eigenvalue weighted by Crippen LogP contribution is -2.44. The number of ether oxygens (including phenoxy) is 2. The summed E-state index contributed by atoms with van der Waals surface area (Å²) in [6.07, 6.45) is 0.550. The van der Waals surface area contributed by atoms with E-state index in [1.165, 1.54) is 12.1 Å². The van der Waals surface area contributed by atoms with Crippen molar-refractivity contribution in [2.24, 2.45) is 0 Å². The summed E-state index contributed by atoms with van der Waals surface area (Å²) >= 11 is 0. The van der Waals surface area contributed by atoms with Crippen molar-refractivity contribution in [1.82, 2.24) is 4.90 Å². The van der Waals surface area contributed by atoms with E-state index in [0.29, 0.717) is 30.4 Å². The van der Waals surface area contributed by atoms with Gasteiger partial charge in [-0.05, 0) is 93.5 Å². The third-order valence-electron chi connectivity index (χ3n) is 7.14. The third-order valence-corrected chi connectivity index (χ3v) is 7.14. The second-order valence-corrected chi connectivity index (χ2v) is 9.94. The molecule has 2 aromatic carbocycles. The van der Waals surface area contributed by atoms with Crippen molar-refractivity contribution in [3.63, 3.8) is 0 Å². The van der Waals surface area contributed by atoms with Crippen LogP contribution in [0.1, 0.15) is 49.7 Å². The predicted molar refractivity (Wildman–Crippen MR) is 138 cm³/mol. The smallest absolute Gasteiger partial charge is 0.406 e. The molecule has 10 heteroatoms. The molecule has 2 aromatic rings. The van der Waals surface area contributed by atoms with Crippen LogP contribution in [0.15, 0.2) is 42.5 Å². The topological polar surface area (TPSA) is 86.6 Å². The van der Waals surface area contributed by atoms with Crippen molar-refractivity contribution < 1.29 is 27.4 Å². The second kappa shape index (κ2) is 12.4. The highest BCUT2D eigenvalue weighted by Gasteiger charge is 2.31. The molecule has 1 aliphatic heterocycles. The first-order valence-electron chi connectivity index (χ1n) is 13.0. The van der Waals surface area contributed by atoms with E-state index < -0.39 is 6.36 Å². The Morgan fingerprint density at radius 1 is 0.974 bits per heavy atom. The fourth-order valence-electron chi connectivity index (χ4n) is 5.03. The van der Waals surface area contributed by atoms with Crippen LogP contribution < -0.4 is 15.4 Å². The number of alkyl halides is 3. The summed E-state index contributed by atoms with van der Waals surface area (Å²) in [5.74, 6) is -0.264. The van der Waals surface area contributed by atoms with Crippen molar-refractivity contribution >= 4 is 17.3 Å². The Labute approximate surface area is 220 Å². The monoisotopic (exact) mass is 530 g/mol. The van der Waals surface area contributed by atoms with Gasteiger partial charge in [0, 0.05) is 36.5 Å². The Morgan fingerprint density at radius 3 is 2.18 bits per heavy atom. The number of aryl methyl sites for hydroxylation is 1. The first-order valence-corrected chi connectivity index (χ1v) is 13.0. The van der Waals surface area contributed by atoms with Gasteiger partial charge in [-0.1, -0.05) is 0 Å². The molecule has 2 N–H and O–H groups in total. The maximum atomic E-state index is 12.7. The molecule has 0 bridgehead atoms. The molecule has 2 fully saturated rings. The number of nitrogens with one attached hydrogen (secondary N) is 2. The highest BCUT2D eigenvalue weighted by atomic mass is 19.4. The van der Waals surface area contributed by atoms with Gasteiger partial charge in [0.2, 0.25) is 5.91 Å². The molecular formula is C28H33F3N4O3. The summed E-state index contributed by atoms with van der Waals surface area (Å²) in [5, 5.41) is 16.0. The summed E-state index contributed by atoms with van der Waals surface area (Å²) in [6.45, 7) is 3.23. The van der Waals surface area contributed by atoms with Crippen molar-refractivity contribution in [2.75, 3.05) is 30.3 Å². The highest BCUT2D eigenvalue weighted by molar-refractivity contribution is 5.77. The molecule has 1 aliphatic carbocycles. The number of rotatable bonds is 8. The van der Waals surface area contributed by atoms with Gasteiger partial charge in [-0.2, -0.15) is 5.26 Å². The zero-order valence-corrected chi connectivity index (χ0v) is 21.4. The highest BCUT2D eigenvalue weighted by Crippen LogP contribution is 2.27. The SMILES string of the molecule is Cc1cc(NC2CCC(OCC(=O)N3CCC(Nc4ccc(OC(F)(F)F)cc4)CC3)CC2)ccc1C#N. The van der Waals surface area contributed by atoms with E-state index in [2.05, 4.69) is 21.4 Å². The van der Waals surface area contributed by atoms with Gasteiger partial charge in [0.15, 0.2) is 0 Å². The van der Waals surface area contributed by atoms with Crippen molar-refractivity contribution in [3.05, 3.63) is 53.6 Å². The lowest BCUT2D eigenvalue weighted by molar-refractivity contribution is -0.274. The van der Waals surface area contributed by atoms with Crippen LogP contribution in [0.3, 0.4) is 0 Å². The lowest BCUT2D eigenvalue weighted by atomic mass is 9.92. The van der Waals surface area contributed by atoms with Gasteiger partial charge < -0.3 is 25.0 Å². The van der Waals surface area contributed by atoms with E-state index in [1.807, 2.05) is 30.0 Å². The largest absolute Gasteiger partial charge is 0.573 e. The number of carbonyl (C=O) groups excluding carboxylic acids is 1. The number of nitrogens with zero attached hydrogens (tertiary/aromatic N) is 2. The molecule has 7 nitrogen and oxygen atoms in total. The molecule has 2 aliphatic rings. The lowest BCUT2D eigenvalue weighted by Gasteiger charge is -2.34. The summed E-state index contributed by atoms with van der Waals surface area (Å²) in [4.78, 5) is 14.5. The molecule has 1 amide bonds. The molecule has 1 heterocycles. The van der Waals surface area contributed by atoms with Gasteiger partial charge in [0.05, 0.1) is 17.7 Å². The fourth-order valence-corrected chi connectivity index (χ4v) is 5.03. The van der Waals surface area contributed by atoms with E-state index in [0.717, 1.165) is 49.8 Å². The molecule has 0 aromatic heterocycles. The summed E-state index contributed by atoms with van der Waals surface area (Å²) in [7, 11) is 0. The van der Waals surface area contributed by atoms with Crippen LogP contribution in [0.4, 0.5) is 24.5 Å². The van der Waals surface area contributed by atoms with Crippen LogP contribution in [0.25, 0.3) is 0 Å². The van der Waals surface area contributed by atoms with Gasteiger partial charge in [-0.3, -0.25) is 4.79 Å². The quantitative estimate of drug-likeness (QED) is 0.462. The minimum atomic E-state index is -4.71. The average Bonchev–Trinajstić information content (AvgIpc) is 2.89. The van der Waals surface area contributed by atoms with Gasteiger partial charge >= 0.3 is 6.36 Å². The number of benzene rings is 2. The number of anilines is 2. The Kier molecular flexibility index (Phi) is 9.00. The Balaban J connectivity index is 1.12. The first kappa shape index (κ1) is 27.6. The number of carbonyl (C=O) groups is 1. The minimum absolute atomic E-state index is 0.00888. The van der Waals surface area contributed by atoms with E-state index >= 15 is 0 Å². The van der Waals surface area contributed by atoms with Crippen molar-refractivity contribution in [2.45, 2.75) is 70.0 Å². The molecule has 1 saturated carbocycles. The minimum Gasteiger partial charge on any atom is -0.406 e.